The van der Waals surface area contributed by atoms with Crippen molar-refractivity contribution in [1.82, 2.24) is 14.7 Å². The van der Waals surface area contributed by atoms with Gasteiger partial charge in [0, 0.05) is 37.5 Å². The Morgan fingerprint density at radius 1 is 0.750 bits per heavy atom. The largest absolute Gasteiger partial charge is 0.383 e. The molecule has 1 heterocycles. The van der Waals surface area contributed by atoms with Crippen LogP contribution in [-0.2, 0) is 14.8 Å². The second kappa shape index (κ2) is 12.6. The van der Waals surface area contributed by atoms with Crippen molar-refractivity contribution in [2.75, 3.05) is 44.0 Å². The normalized spacial score (nSPS) is 11.7. The molecule has 0 aliphatic heterocycles. The van der Waals surface area contributed by atoms with Gasteiger partial charge in [-0.2, -0.15) is 4.98 Å². The Morgan fingerprint density at radius 3 is 2.31 bits per heavy atom. The molecule has 4 rings (SSSR count). The number of aromatic nitrogens is 2. The Kier molecular flexibility index (Phi) is 9.05. The number of hydrogen-bond acceptors (Lipinski definition) is 7. The van der Waals surface area contributed by atoms with Crippen LogP contribution in [0.15, 0.2) is 71.6 Å². The number of sulfonamides is 1. The van der Waals surface area contributed by atoms with E-state index in [0.29, 0.717) is 30.5 Å². The van der Waals surface area contributed by atoms with Gasteiger partial charge in [-0.1, -0.05) is 61.4 Å². The summed E-state index contributed by atoms with van der Waals surface area (Å²) in [7, 11) is -1.87. The number of anilines is 2. The van der Waals surface area contributed by atoms with Gasteiger partial charge in [0.1, 0.15) is 5.82 Å². The van der Waals surface area contributed by atoms with Crippen LogP contribution in [0.25, 0.3) is 21.7 Å². The van der Waals surface area contributed by atoms with Crippen molar-refractivity contribution in [2.24, 2.45) is 0 Å². The molecule has 0 bridgehead atoms. The molecular formula is C27H33N5O3S. The average molecular weight is 508 g/mol. The predicted octanol–water partition coefficient (Wildman–Crippen LogP) is 4.79. The standard InChI is InChI=1S/C27H33N5O3S/c1-35-20-19-28-26-23-14-6-7-15-24(23)31-27(32-26)29-17-8-2-3-9-18-30-36(33,34)25-16-10-12-21-11-4-5-13-22(21)25/h4-7,10-16,30H,2-3,8-9,17-20H2,1H3,(H2,28,29,31,32). The fraction of sp³-hybridized carbons (Fsp3) is 0.333. The van der Waals surface area contributed by atoms with E-state index in [0.717, 1.165) is 59.7 Å². The fourth-order valence-electron chi connectivity index (χ4n) is 4.08. The van der Waals surface area contributed by atoms with Crippen molar-refractivity contribution >= 4 is 43.5 Å². The number of ether oxygens (including phenoxy) is 1. The first kappa shape index (κ1) is 25.8. The molecule has 0 unspecified atom stereocenters. The zero-order valence-electron chi connectivity index (χ0n) is 20.5. The van der Waals surface area contributed by atoms with Crippen LogP contribution in [0.5, 0.6) is 0 Å². The van der Waals surface area contributed by atoms with E-state index >= 15 is 0 Å². The molecule has 0 aliphatic rings. The number of unbranched alkanes of at least 4 members (excludes halogenated alkanes) is 3. The van der Waals surface area contributed by atoms with Crippen molar-refractivity contribution in [2.45, 2.75) is 30.6 Å². The van der Waals surface area contributed by atoms with E-state index in [1.54, 1.807) is 19.2 Å². The number of fused-ring (bicyclic) bond motifs is 2. The van der Waals surface area contributed by atoms with Crippen LogP contribution in [0.1, 0.15) is 25.7 Å². The van der Waals surface area contributed by atoms with E-state index in [1.807, 2.05) is 54.6 Å². The van der Waals surface area contributed by atoms with Crippen LogP contribution >= 0.6 is 0 Å². The first-order valence-electron chi connectivity index (χ1n) is 12.3. The molecule has 0 atom stereocenters. The maximum Gasteiger partial charge on any atom is 0.241 e. The Balaban J connectivity index is 1.21. The molecule has 1 aromatic heterocycles. The van der Waals surface area contributed by atoms with Crippen molar-refractivity contribution in [3.05, 3.63) is 66.7 Å². The summed E-state index contributed by atoms with van der Waals surface area (Å²) in [6, 6.07) is 20.8. The highest BCUT2D eigenvalue weighted by molar-refractivity contribution is 7.89. The first-order chi connectivity index (χ1) is 17.6. The summed E-state index contributed by atoms with van der Waals surface area (Å²) >= 11 is 0. The van der Waals surface area contributed by atoms with E-state index < -0.39 is 10.0 Å². The lowest BCUT2D eigenvalue weighted by molar-refractivity contribution is 0.210. The maximum absolute atomic E-state index is 12.8. The summed E-state index contributed by atoms with van der Waals surface area (Å²) in [6.07, 6.45) is 3.64. The summed E-state index contributed by atoms with van der Waals surface area (Å²) in [5.41, 5.74) is 0.883. The summed E-state index contributed by atoms with van der Waals surface area (Å²) in [6.45, 7) is 2.43. The Labute approximate surface area is 212 Å². The summed E-state index contributed by atoms with van der Waals surface area (Å²) in [5, 5.41) is 9.27. The van der Waals surface area contributed by atoms with Crippen LogP contribution in [-0.4, -0.2) is 51.7 Å². The van der Waals surface area contributed by atoms with Gasteiger partial charge in [0.15, 0.2) is 0 Å². The number of para-hydroxylation sites is 1. The fourth-order valence-corrected chi connectivity index (χ4v) is 5.38. The van der Waals surface area contributed by atoms with E-state index in [4.69, 9.17) is 4.74 Å². The maximum atomic E-state index is 12.8. The molecule has 3 N–H and O–H groups in total. The second-order valence-corrected chi connectivity index (χ2v) is 10.3. The summed E-state index contributed by atoms with van der Waals surface area (Å²) in [4.78, 5) is 9.58. The minimum atomic E-state index is -3.54. The molecule has 0 radical (unpaired) electrons. The van der Waals surface area contributed by atoms with Crippen LogP contribution < -0.4 is 15.4 Å². The number of benzene rings is 3. The molecule has 0 amide bonds. The molecule has 3 aromatic carbocycles. The first-order valence-corrected chi connectivity index (χ1v) is 13.8. The molecule has 0 fully saturated rings. The van der Waals surface area contributed by atoms with Gasteiger partial charge in [-0.15, -0.1) is 0 Å². The Morgan fingerprint density at radius 2 is 1.47 bits per heavy atom. The lowest BCUT2D eigenvalue weighted by Gasteiger charge is -2.12. The third-order valence-electron chi connectivity index (χ3n) is 5.92. The topological polar surface area (TPSA) is 105 Å². The average Bonchev–Trinajstić information content (AvgIpc) is 2.90. The third-order valence-corrected chi connectivity index (χ3v) is 7.44. The van der Waals surface area contributed by atoms with Gasteiger partial charge in [0.2, 0.25) is 16.0 Å². The lowest BCUT2D eigenvalue weighted by atomic mass is 10.1. The molecule has 0 spiro atoms. The second-order valence-electron chi connectivity index (χ2n) is 8.55. The van der Waals surface area contributed by atoms with Crippen molar-refractivity contribution in [3.63, 3.8) is 0 Å². The van der Waals surface area contributed by atoms with E-state index in [2.05, 4.69) is 25.3 Å². The van der Waals surface area contributed by atoms with Crippen molar-refractivity contribution in [3.8, 4) is 0 Å². The number of methoxy groups -OCH3 is 1. The number of rotatable bonds is 14. The Bertz CT molecular complexity index is 1390. The van der Waals surface area contributed by atoms with E-state index in [9.17, 15) is 8.42 Å². The molecule has 4 aromatic rings. The predicted molar refractivity (Wildman–Crippen MR) is 146 cm³/mol. The minimum Gasteiger partial charge on any atom is -0.383 e. The van der Waals surface area contributed by atoms with Gasteiger partial charge < -0.3 is 15.4 Å². The van der Waals surface area contributed by atoms with Gasteiger partial charge in [-0.3, -0.25) is 0 Å². The highest BCUT2D eigenvalue weighted by Gasteiger charge is 2.16. The molecular weight excluding hydrogens is 474 g/mol. The van der Waals surface area contributed by atoms with Gasteiger partial charge in [-0.05, 0) is 36.4 Å². The zero-order chi connectivity index (χ0) is 25.2. The van der Waals surface area contributed by atoms with E-state index in [-0.39, 0.29) is 0 Å². The van der Waals surface area contributed by atoms with Gasteiger partial charge in [0.25, 0.3) is 0 Å². The monoisotopic (exact) mass is 507 g/mol. The van der Waals surface area contributed by atoms with Gasteiger partial charge in [0.05, 0.1) is 17.0 Å². The third kappa shape index (κ3) is 6.69. The smallest absolute Gasteiger partial charge is 0.241 e. The van der Waals surface area contributed by atoms with Crippen LogP contribution in [0.4, 0.5) is 11.8 Å². The molecule has 0 saturated carbocycles. The number of nitrogens with one attached hydrogen (secondary N) is 3. The molecule has 0 saturated heterocycles. The minimum absolute atomic E-state index is 0.330. The van der Waals surface area contributed by atoms with Crippen molar-refractivity contribution in [1.29, 1.82) is 0 Å². The zero-order valence-corrected chi connectivity index (χ0v) is 21.4. The summed E-state index contributed by atoms with van der Waals surface area (Å²) in [5.74, 6) is 1.38. The molecule has 8 nitrogen and oxygen atoms in total. The highest BCUT2D eigenvalue weighted by Crippen LogP contribution is 2.23. The van der Waals surface area contributed by atoms with Gasteiger partial charge in [-0.25, -0.2) is 18.1 Å². The summed E-state index contributed by atoms with van der Waals surface area (Å²) < 4.78 is 33.5. The number of hydrogen-bond donors (Lipinski definition) is 3. The molecule has 0 aliphatic carbocycles. The van der Waals surface area contributed by atoms with Crippen LogP contribution in [0.3, 0.4) is 0 Å². The molecule has 190 valence electrons. The SMILES string of the molecule is COCCNc1nc(NCCCCCCNS(=O)(=O)c2cccc3ccccc23)nc2ccccc12. The van der Waals surface area contributed by atoms with Crippen LogP contribution in [0.2, 0.25) is 0 Å². The molecule has 36 heavy (non-hydrogen) atoms. The Hall–Kier alpha value is -3.27. The van der Waals surface area contributed by atoms with Crippen LogP contribution in [0, 0.1) is 0 Å². The highest BCUT2D eigenvalue weighted by atomic mass is 32.2. The number of nitrogens with zero attached hydrogens (tertiary/aromatic N) is 2. The van der Waals surface area contributed by atoms with Gasteiger partial charge >= 0.3 is 0 Å². The quantitative estimate of drug-likeness (QED) is 0.211. The van der Waals surface area contributed by atoms with Crippen molar-refractivity contribution < 1.29 is 13.2 Å². The molecule has 9 heteroatoms. The van der Waals surface area contributed by atoms with E-state index in [1.165, 1.54) is 0 Å². The lowest BCUT2D eigenvalue weighted by Crippen LogP contribution is -2.25.